The molecule has 1 N–H and O–H groups in total. The summed E-state index contributed by atoms with van der Waals surface area (Å²) in [6, 6.07) is 14.4. The Morgan fingerprint density at radius 2 is 1.53 bits per heavy atom. The Balaban J connectivity index is 2.02. The van der Waals surface area contributed by atoms with Crippen LogP contribution in [0.3, 0.4) is 0 Å². The molecule has 0 saturated carbocycles. The van der Waals surface area contributed by atoms with Crippen molar-refractivity contribution >= 4 is 53.5 Å². The van der Waals surface area contributed by atoms with Crippen LogP contribution in [0.4, 0.5) is 5.69 Å². The summed E-state index contributed by atoms with van der Waals surface area (Å²) < 4.78 is 3.24. The number of hydrogen-bond acceptors (Lipinski definition) is 1. The maximum atomic E-state index is 3.50. The molecule has 0 saturated heterocycles. The Morgan fingerprint density at radius 3 is 2.18 bits per heavy atom. The first-order valence-corrected chi connectivity index (χ1v) is 7.46. The number of anilines is 1. The van der Waals surface area contributed by atoms with E-state index < -0.39 is 0 Å². The molecule has 0 aliphatic carbocycles. The molecule has 0 aliphatic heterocycles. The molecule has 4 heteroatoms. The van der Waals surface area contributed by atoms with E-state index in [9.17, 15) is 0 Å². The average Bonchev–Trinajstić information content (AvgIpc) is 2.33. The topological polar surface area (TPSA) is 12.0 Å². The molecule has 0 unspecified atom stereocenters. The van der Waals surface area contributed by atoms with Crippen LogP contribution in [0.2, 0.25) is 0 Å². The van der Waals surface area contributed by atoms with E-state index in [0.717, 1.165) is 25.7 Å². The van der Waals surface area contributed by atoms with Gasteiger partial charge in [0.1, 0.15) is 0 Å². The van der Waals surface area contributed by atoms with Crippen LogP contribution in [-0.4, -0.2) is 0 Å². The third-order valence-electron chi connectivity index (χ3n) is 2.32. The van der Waals surface area contributed by atoms with E-state index >= 15 is 0 Å². The van der Waals surface area contributed by atoms with Gasteiger partial charge in [0.2, 0.25) is 0 Å². The number of hydrogen-bond donors (Lipinski definition) is 1. The summed E-state index contributed by atoms with van der Waals surface area (Å²) >= 11 is 10.4. The summed E-state index contributed by atoms with van der Waals surface area (Å²) in [5.41, 5.74) is 2.36. The lowest BCUT2D eigenvalue weighted by Gasteiger charge is -2.07. The first-order valence-electron chi connectivity index (χ1n) is 5.08. The molecule has 0 fully saturated rings. The molecule has 0 bridgehead atoms. The normalized spacial score (nSPS) is 10.3. The molecule has 0 atom stereocenters. The monoisotopic (exact) mass is 417 g/mol. The maximum Gasteiger partial charge on any atom is 0.0401 e. The van der Waals surface area contributed by atoms with Crippen LogP contribution in [0.15, 0.2) is 55.9 Å². The van der Waals surface area contributed by atoms with Crippen molar-refractivity contribution in [3.63, 3.8) is 0 Å². The second-order valence-corrected chi connectivity index (χ2v) is 6.23. The highest BCUT2D eigenvalue weighted by atomic mass is 79.9. The van der Waals surface area contributed by atoms with Crippen LogP contribution in [0.1, 0.15) is 5.56 Å². The Labute approximate surface area is 126 Å². The van der Waals surface area contributed by atoms with Gasteiger partial charge in [-0.05, 0) is 73.8 Å². The van der Waals surface area contributed by atoms with Gasteiger partial charge in [-0.1, -0.05) is 22.0 Å². The molecular formula is C13H10Br3N. The van der Waals surface area contributed by atoms with Crippen molar-refractivity contribution < 1.29 is 0 Å². The third kappa shape index (κ3) is 3.83. The molecule has 17 heavy (non-hydrogen) atoms. The Hall–Kier alpha value is -0.320. The zero-order valence-corrected chi connectivity index (χ0v) is 13.6. The molecule has 0 aromatic heterocycles. The van der Waals surface area contributed by atoms with Crippen molar-refractivity contribution in [3.8, 4) is 0 Å². The highest BCUT2D eigenvalue weighted by molar-refractivity contribution is 9.13. The van der Waals surface area contributed by atoms with Gasteiger partial charge < -0.3 is 5.32 Å². The number of rotatable bonds is 3. The van der Waals surface area contributed by atoms with Gasteiger partial charge in [0.15, 0.2) is 0 Å². The number of benzene rings is 2. The molecule has 88 valence electrons. The standard InChI is InChI=1S/C13H10Br3N/c14-10-2-4-11(5-3-10)17-8-9-1-6-12(15)13(16)7-9/h1-7,17H,8H2. The minimum atomic E-state index is 0.813. The summed E-state index contributed by atoms with van der Waals surface area (Å²) in [5.74, 6) is 0. The van der Waals surface area contributed by atoms with E-state index in [-0.39, 0.29) is 0 Å². The molecule has 2 aromatic carbocycles. The maximum absolute atomic E-state index is 3.50. The fraction of sp³-hybridized carbons (Fsp3) is 0.0769. The molecule has 0 radical (unpaired) electrons. The van der Waals surface area contributed by atoms with Gasteiger partial charge in [-0.15, -0.1) is 0 Å². The molecule has 0 heterocycles. The van der Waals surface area contributed by atoms with Crippen molar-refractivity contribution in [3.05, 3.63) is 61.4 Å². The van der Waals surface area contributed by atoms with Crippen molar-refractivity contribution in [2.45, 2.75) is 6.54 Å². The zero-order chi connectivity index (χ0) is 12.3. The second-order valence-electron chi connectivity index (χ2n) is 3.61. The fourth-order valence-electron chi connectivity index (χ4n) is 1.42. The summed E-state index contributed by atoms with van der Waals surface area (Å²) in [7, 11) is 0. The summed E-state index contributed by atoms with van der Waals surface area (Å²) in [5, 5.41) is 3.38. The van der Waals surface area contributed by atoms with Crippen LogP contribution in [0, 0.1) is 0 Å². The lowest BCUT2D eigenvalue weighted by atomic mass is 10.2. The van der Waals surface area contributed by atoms with Crippen molar-refractivity contribution in [1.82, 2.24) is 0 Å². The highest BCUT2D eigenvalue weighted by Crippen LogP contribution is 2.24. The van der Waals surface area contributed by atoms with Crippen molar-refractivity contribution in [2.24, 2.45) is 0 Å². The third-order valence-corrected chi connectivity index (χ3v) is 4.73. The zero-order valence-electron chi connectivity index (χ0n) is 8.88. The second kappa shape index (κ2) is 6.03. The van der Waals surface area contributed by atoms with E-state index in [1.54, 1.807) is 0 Å². The van der Waals surface area contributed by atoms with E-state index in [2.05, 4.69) is 77.4 Å². The fourth-order valence-corrected chi connectivity index (χ4v) is 2.36. The van der Waals surface area contributed by atoms with Gasteiger partial charge >= 0.3 is 0 Å². The number of halogens is 3. The van der Waals surface area contributed by atoms with Crippen LogP contribution < -0.4 is 5.32 Å². The van der Waals surface area contributed by atoms with Gasteiger partial charge in [0.05, 0.1) is 0 Å². The van der Waals surface area contributed by atoms with Crippen molar-refractivity contribution in [1.29, 1.82) is 0 Å². The van der Waals surface area contributed by atoms with Crippen LogP contribution in [0.5, 0.6) is 0 Å². The predicted molar refractivity (Wildman–Crippen MR) is 83.3 cm³/mol. The summed E-state index contributed by atoms with van der Waals surface area (Å²) in [6.07, 6.45) is 0. The van der Waals surface area contributed by atoms with E-state index in [1.165, 1.54) is 5.56 Å². The van der Waals surface area contributed by atoms with Gasteiger partial charge in [0, 0.05) is 25.7 Å². The van der Waals surface area contributed by atoms with Gasteiger partial charge in [0.25, 0.3) is 0 Å². The molecule has 1 nitrogen and oxygen atoms in total. The van der Waals surface area contributed by atoms with Gasteiger partial charge in [-0.25, -0.2) is 0 Å². The molecule has 0 amide bonds. The largest absolute Gasteiger partial charge is 0.381 e. The van der Waals surface area contributed by atoms with Gasteiger partial charge in [-0.3, -0.25) is 0 Å². The smallest absolute Gasteiger partial charge is 0.0401 e. The van der Waals surface area contributed by atoms with E-state index in [0.29, 0.717) is 0 Å². The van der Waals surface area contributed by atoms with Crippen molar-refractivity contribution in [2.75, 3.05) is 5.32 Å². The SMILES string of the molecule is Brc1ccc(NCc2ccc(Br)c(Br)c2)cc1. The minimum absolute atomic E-state index is 0.813. The molecule has 0 spiro atoms. The molecular weight excluding hydrogens is 410 g/mol. The van der Waals surface area contributed by atoms with Crippen LogP contribution >= 0.6 is 47.8 Å². The lowest BCUT2D eigenvalue weighted by Crippen LogP contribution is -1.98. The number of nitrogens with one attached hydrogen (secondary N) is 1. The Bertz CT molecular complexity index is 509. The van der Waals surface area contributed by atoms with Crippen LogP contribution in [0.25, 0.3) is 0 Å². The summed E-state index contributed by atoms with van der Waals surface area (Å²) in [6.45, 7) is 0.813. The first kappa shape index (κ1) is 13.1. The lowest BCUT2D eigenvalue weighted by molar-refractivity contribution is 1.14. The predicted octanol–water partition coefficient (Wildman–Crippen LogP) is 5.59. The van der Waals surface area contributed by atoms with Gasteiger partial charge in [-0.2, -0.15) is 0 Å². The minimum Gasteiger partial charge on any atom is -0.381 e. The molecule has 0 aliphatic rings. The highest BCUT2D eigenvalue weighted by Gasteiger charge is 1.99. The van der Waals surface area contributed by atoms with E-state index in [1.807, 2.05) is 18.2 Å². The quantitative estimate of drug-likeness (QED) is 0.684. The Morgan fingerprint density at radius 1 is 0.824 bits per heavy atom. The first-order chi connectivity index (χ1) is 8.15. The summed E-state index contributed by atoms with van der Waals surface area (Å²) in [4.78, 5) is 0. The molecule has 2 rings (SSSR count). The van der Waals surface area contributed by atoms with Crippen LogP contribution in [-0.2, 0) is 6.54 Å². The Kier molecular flexibility index (Phi) is 4.65. The van der Waals surface area contributed by atoms with E-state index in [4.69, 9.17) is 0 Å². The molecule has 2 aromatic rings. The average molecular weight is 420 g/mol.